The first kappa shape index (κ1) is 15.5. The molecule has 0 saturated heterocycles. The molecule has 1 heterocycles. The molecule has 4 rings (SSSR count). The van der Waals surface area contributed by atoms with E-state index in [9.17, 15) is 0 Å². The lowest BCUT2D eigenvalue weighted by Crippen LogP contribution is -2.17. The Morgan fingerprint density at radius 3 is 2.71 bits per heavy atom. The molecule has 1 saturated carbocycles. The second kappa shape index (κ2) is 6.86. The first-order valence-corrected chi connectivity index (χ1v) is 9.03. The molecular weight excluding hydrogens is 298 g/mol. The Morgan fingerprint density at radius 1 is 1.04 bits per heavy atom. The lowest BCUT2D eigenvalue weighted by molar-refractivity contribution is 0.174. The number of rotatable bonds is 4. The molecule has 0 radical (unpaired) electrons. The van der Waals surface area contributed by atoms with Gasteiger partial charge in [0, 0.05) is 0 Å². The van der Waals surface area contributed by atoms with Crippen LogP contribution < -0.4 is 15.2 Å². The second-order valence-electron chi connectivity index (χ2n) is 6.98. The highest BCUT2D eigenvalue weighted by Crippen LogP contribution is 2.37. The van der Waals surface area contributed by atoms with Gasteiger partial charge in [-0.1, -0.05) is 30.3 Å². The van der Waals surface area contributed by atoms with Crippen molar-refractivity contribution in [1.82, 2.24) is 0 Å². The van der Waals surface area contributed by atoms with Crippen molar-refractivity contribution in [3.8, 4) is 11.5 Å². The van der Waals surface area contributed by atoms with Gasteiger partial charge >= 0.3 is 0 Å². The highest BCUT2D eigenvalue weighted by molar-refractivity contribution is 5.42. The molecule has 2 aromatic rings. The van der Waals surface area contributed by atoms with E-state index in [0.717, 1.165) is 43.7 Å². The molecule has 0 aromatic heterocycles. The lowest BCUT2D eigenvalue weighted by atomic mass is 9.97. The molecule has 3 heteroatoms. The van der Waals surface area contributed by atoms with Crippen LogP contribution in [0.5, 0.6) is 11.5 Å². The van der Waals surface area contributed by atoms with E-state index in [0.29, 0.717) is 12.0 Å². The maximum atomic E-state index is 6.21. The Hall–Kier alpha value is -2.00. The third kappa shape index (κ3) is 3.27. The van der Waals surface area contributed by atoms with Gasteiger partial charge in [-0.05, 0) is 73.9 Å². The van der Waals surface area contributed by atoms with Crippen molar-refractivity contribution in [1.29, 1.82) is 0 Å². The molecule has 0 bridgehead atoms. The minimum atomic E-state index is 0.158. The molecule has 3 atom stereocenters. The normalized spacial score (nSPS) is 25.8. The number of fused-ring (bicyclic) bond motifs is 1. The molecule has 1 fully saturated rings. The van der Waals surface area contributed by atoms with Crippen molar-refractivity contribution >= 4 is 0 Å². The van der Waals surface area contributed by atoms with Crippen molar-refractivity contribution in [2.75, 3.05) is 6.54 Å². The predicted octanol–water partition coefficient (Wildman–Crippen LogP) is 4.26. The van der Waals surface area contributed by atoms with Gasteiger partial charge in [0.25, 0.3) is 0 Å². The average Bonchev–Trinajstić information content (AvgIpc) is 3.09. The third-order valence-corrected chi connectivity index (χ3v) is 5.28. The highest BCUT2D eigenvalue weighted by Gasteiger charge is 2.26. The molecule has 2 aromatic carbocycles. The molecule has 24 heavy (non-hydrogen) atoms. The summed E-state index contributed by atoms with van der Waals surface area (Å²) in [6.07, 6.45) is 5.91. The van der Waals surface area contributed by atoms with E-state index in [2.05, 4.69) is 36.4 Å². The first-order chi connectivity index (χ1) is 11.8. The van der Waals surface area contributed by atoms with Crippen LogP contribution in [0.25, 0.3) is 0 Å². The first-order valence-electron chi connectivity index (χ1n) is 9.03. The second-order valence-corrected chi connectivity index (χ2v) is 6.98. The monoisotopic (exact) mass is 323 g/mol. The molecule has 1 aliphatic carbocycles. The van der Waals surface area contributed by atoms with Crippen LogP contribution >= 0.6 is 0 Å². The Morgan fingerprint density at radius 2 is 1.92 bits per heavy atom. The zero-order valence-corrected chi connectivity index (χ0v) is 14.0. The molecule has 0 spiro atoms. The summed E-state index contributed by atoms with van der Waals surface area (Å²) in [7, 11) is 0. The quantitative estimate of drug-likeness (QED) is 0.914. The molecule has 3 unspecified atom stereocenters. The van der Waals surface area contributed by atoms with Gasteiger partial charge in [0.05, 0.1) is 6.10 Å². The van der Waals surface area contributed by atoms with Gasteiger partial charge in [-0.2, -0.15) is 0 Å². The van der Waals surface area contributed by atoms with Crippen molar-refractivity contribution in [3.63, 3.8) is 0 Å². The summed E-state index contributed by atoms with van der Waals surface area (Å²) in [5.74, 6) is 2.59. The minimum absolute atomic E-state index is 0.158. The summed E-state index contributed by atoms with van der Waals surface area (Å²) in [6, 6.07) is 16.7. The van der Waals surface area contributed by atoms with E-state index < -0.39 is 0 Å². The topological polar surface area (TPSA) is 44.5 Å². The molecule has 0 amide bonds. The average molecular weight is 323 g/mol. The summed E-state index contributed by atoms with van der Waals surface area (Å²) in [6.45, 7) is 0.777. The van der Waals surface area contributed by atoms with Crippen LogP contribution in [-0.2, 0) is 6.42 Å². The van der Waals surface area contributed by atoms with E-state index in [4.69, 9.17) is 15.2 Å². The number of hydrogen-bond donors (Lipinski definition) is 1. The van der Waals surface area contributed by atoms with E-state index in [-0.39, 0.29) is 6.10 Å². The minimum Gasteiger partial charge on any atom is -0.490 e. The fourth-order valence-corrected chi connectivity index (χ4v) is 3.88. The maximum Gasteiger partial charge on any atom is 0.124 e. The summed E-state index contributed by atoms with van der Waals surface area (Å²) in [5, 5.41) is 0. The van der Waals surface area contributed by atoms with Gasteiger partial charge < -0.3 is 15.2 Å². The van der Waals surface area contributed by atoms with Crippen molar-refractivity contribution in [2.45, 2.75) is 44.3 Å². The summed E-state index contributed by atoms with van der Waals surface area (Å²) < 4.78 is 12.4. The Balaban J connectivity index is 1.44. The van der Waals surface area contributed by atoms with Crippen LogP contribution in [0, 0.1) is 5.92 Å². The SMILES string of the molecule is NCC1CCC(Oc2ccc3c(c2)CCC(c2ccccc2)O3)C1. The summed E-state index contributed by atoms with van der Waals surface area (Å²) >= 11 is 0. The van der Waals surface area contributed by atoms with E-state index in [1.807, 2.05) is 12.1 Å². The standard InChI is InChI=1S/C21H25NO2/c22-14-15-6-8-18(12-15)23-19-9-11-21-17(13-19)7-10-20(24-21)16-4-2-1-3-5-16/h1-5,9,11,13,15,18,20H,6-8,10,12,14,22H2. The van der Waals surface area contributed by atoms with Gasteiger partial charge in [-0.3, -0.25) is 0 Å². The smallest absolute Gasteiger partial charge is 0.124 e. The van der Waals surface area contributed by atoms with Gasteiger partial charge in [0.2, 0.25) is 0 Å². The van der Waals surface area contributed by atoms with Crippen LogP contribution in [0.1, 0.15) is 42.9 Å². The number of aryl methyl sites for hydroxylation is 1. The van der Waals surface area contributed by atoms with Crippen LogP contribution in [0.2, 0.25) is 0 Å². The van der Waals surface area contributed by atoms with Gasteiger partial charge in [0.1, 0.15) is 17.6 Å². The molecule has 2 aliphatic rings. The van der Waals surface area contributed by atoms with E-state index in [1.54, 1.807) is 0 Å². The fraction of sp³-hybridized carbons (Fsp3) is 0.429. The van der Waals surface area contributed by atoms with E-state index in [1.165, 1.54) is 17.5 Å². The van der Waals surface area contributed by atoms with Crippen molar-refractivity contribution < 1.29 is 9.47 Å². The molecule has 2 N–H and O–H groups in total. The van der Waals surface area contributed by atoms with Gasteiger partial charge in [-0.15, -0.1) is 0 Å². The van der Waals surface area contributed by atoms with Crippen LogP contribution in [0.3, 0.4) is 0 Å². The van der Waals surface area contributed by atoms with Crippen LogP contribution in [-0.4, -0.2) is 12.6 Å². The zero-order valence-electron chi connectivity index (χ0n) is 14.0. The summed E-state index contributed by atoms with van der Waals surface area (Å²) in [4.78, 5) is 0. The largest absolute Gasteiger partial charge is 0.490 e. The molecular formula is C21H25NO2. The maximum absolute atomic E-state index is 6.21. The highest BCUT2D eigenvalue weighted by atomic mass is 16.5. The zero-order chi connectivity index (χ0) is 16.4. The van der Waals surface area contributed by atoms with Crippen molar-refractivity contribution in [3.05, 3.63) is 59.7 Å². The third-order valence-electron chi connectivity index (χ3n) is 5.28. The van der Waals surface area contributed by atoms with Crippen LogP contribution in [0.4, 0.5) is 0 Å². The lowest BCUT2D eigenvalue weighted by Gasteiger charge is -2.27. The molecule has 1 aliphatic heterocycles. The Kier molecular flexibility index (Phi) is 4.44. The summed E-state index contributed by atoms with van der Waals surface area (Å²) in [5.41, 5.74) is 8.28. The molecule has 3 nitrogen and oxygen atoms in total. The van der Waals surface area contributed by atoms with Gasteiger partial charge in [-0.25, -0.2) is 0 Å². The Bertz CT molecular complexity index is 685. The predicted molar refractivity (Wildman–Crippen MR) is 95.4 cm³/mol. The van der Waals surface area contributed by atoms with Crippen molar-refractivity contribution in [2.24, 2.45) is 11.7 Å². The number of hydrogen-bond acceptors (Lipinski definition) is 3. The van der Waals surface area contributed by atoms with Gasteiger partial charge in [0.15, 0.2) is 0 Å². The fourth-order valence-electron chi connectivity index (χ4n) is 3.88. The van der Waals surface area contributed by atoms with E-state index >= 15 is 0 Å². The molecule has 126 valence electrons. The number of ether oxygens (including phenoxy) is 2. The number of benzene rings is 2. The Labute approximate surface area is 143 Å². The number of nitrogens with two attached hydrogens (primary N) is 1. The van der Waals surface area contributed by atoms with Crippen LogP contribution in [0.15, 0.2) is 48.5 Å².